The molecule has 148 valence electrons. The van der Waals surface area contributed by atoms with Gasteiger partial charge < -0.3 is 9.67 Å². The van der Waals surface area contributed by atoms with Gasteiger partial charge in [0.05, 0.1) is 0 Å². The highest BCUT2D eigenvalue weighted by Crippen LogP contribution is 2.23. The zero-order valence-electron chi connectivity index (χ0n) is 16.6. The van der Waals surface area contributed by atoms with Crippen molar-refractivity contribution in [2.24, 2.45) is 0 Å². The predicted molar refractivity (Wildman–Crippen MR) is 117 cm³/mol. The summed E-state index contributed by atoms with van der Waals surface area (Å²) in [6.45, 7) is 3.18. The summed E-state index contributed by atoms with van der Waals surface area (Å²) >= 11 is 1.31. The van der Waals surface area contributed by atoms with Gasteiger partial charge in [0.1, 0.15) is 4.88 Å². The van der Waals surface area contributed by atoms with Crippen LogP contribution < -0.4 is 0 Å². The van der Waals surface area contributed by atoms with E-state index in [4.69, 9.17) is 5.11 Å². The van der Waals surface area contributed by atoms with Crippen LogP contribution in [0.1, 0.15) is 59.8 Å². The van der Waals surface area contributed by atoms with Gasteiger partial charge in [-0.25, -0.2) is 4.79 Å². The maximum atomic E-state index is 11.0. The number of nitrogens with zero attached hydrogens (tertiary/aromatic N) is 1. The summed E-state index contributed by atoms with van der Waals surface area (Å²) < 4.78 is 2.29. The summed E-state index contributed by atoms with van der Waals surface area (Å²) in [5, 5.41) is 11.0. The summed E-state index contributed by atoms with van der Waals surface area (Å²) in [4.78, 5) is 11.4. The molecule has 0 aliphatic carbocycles. The first-order valence-electron chi connectivity index (χ1n) is 10.2. The van der Waals surface area contributed by atoms with Crippen molar-refractivity contribution < 1.29 is 9.90 Å². The number of aryl methyl sites for hydroxylation is 3. The summed E-state index contributed by atoms with van der Waals surface area (Å²) in [6.07, 6.45) is 10.4. The summed E-state index contributed by atoms with van der Waals surface area (Å²) in [5.41, 5.74) is 5.04. The molecular formula is C24H29NO2S. The van der Waals surface area contributed by atoms with Crippen molar-refractivity contribution in [1.82, 2.24) is 4.57 Å². The number of carboxylic acid groups (broad SMARTS) is 1. The number of thiophene rings is 1. The summed E-state index contributed by atoms with van der Waals surface area (Å²) in [6, 6.07) is 15.1. The average Bonchev–Trinajstić information content (AvgIpc) is 3.36. The minimum Gasteiger partial charge on any atom is -0.477 e. The van der Waals surface area contributed by atoms with Crippen LogP contribution in [0.5, 0.6) is 0 Å². The van der Waals surface area contributed by atoms with Gasteiger partial charge in [-0.1, -0.05) is 50.5 Å². The molecule has 0 aliphatic heterocycles. The van der Waals surface area contributed by atoms with Crippen LogP contribution in [-0.2, 0) is 19.4 Å². The van der Waals surface area contributed by atoms with E-state index >= 15 is 0 Å². The van der Waals surface area contributed by atoms with Gasteiger partial charge in [0.15, 0.2) is 0 Å². The number of hydrogen-bond acceptors (Lipinski definition) is 2. The number of aromatic carboxylic acids is 1. The third-order valence-corrected chi connectivity index (χ3v) is 6.09. The average molecular weight is 396 g/mol. The third-order valence-electron chi connectivity index (χ3n) is 5.13. The third kappa shape index (κ3) is 5.59. The molecule has 1 aromatic carbocycles. The van der Waals surface area contributed by atoms with Gasteiger partial charge in [0.2, 0.25) is 0 Å². The van der Waals surface area contributed by atoms with Crippen LogP contribution in [0.15, 0.2) is 54.0 Å². The van der Waals surface area contributed by atoms with Gasteiger partial charge in [-0.3, -0.25) is 0 Å². The molecule has 3 nitrogen and oxygen atoms in total. The highest BCUT2D eigenvalue weighted by Gasteiger charge is 2.08. The van der Waals surface area contributed by atoms with E-state index in [1.807, 2.05) is 5.38 Å². The molecule has 3 aromatic rings. The van der Waals surface area contributed by atoms with Crippen LogP contribution in [0.4, 0.5) is 0 Å². The minimum atomic E-state index is -0.835. The zero-order valence-corrected chi connectivity index (χ0v) is 17.4. The van der Waals surface area contributed by atoms with Gasteiger partial charge in [-0.05, 0) is 66.0 Å². The highest BCUT2D eigenvalue weighted by molar-refractivity contribution is 7.12. The van der Waals surface area contributed by atoms with Gasteiger partial charge in [-0.15, -0.1) is 11.3 Å². The number of carbonyl (C=O) groups is 1. The van der Waals surface area contributed by atoms with Crippen molar-refractivity contribution >= 4 is 17.3 Å². The summed E-state index contributed by atoms with van der Waals surface area (Å²) in [5.74, 6) is -0.835. The Morgan fingerprint density at radius 2 is 1.79 bits per heavy atom. The predicted octanol–water partition coefficient (Wildman–Crippen LogP) is 6.67. The fraction of sp³-hybridized carbons (Fsp3) is 0.375. The van der Waals surface area contributed by atoms with E-state index in [0.29, 0.717) is 4.88 Å². The van der Waals surface area contributed by atoms with E-state index in [1.165, 1.54) is 60.3 Å². The van der Waals surface area contributed by atoms with Crippen molar-refractivity contribution in [3.63, 3.8) is 0 Å². The quantitative estimate of drug-likeness (QED) is 0.368. The molecule has 0 unspecified atom stereocenters. The fourth-order valence-corrected chi connectivity index (χ4v) is 4.33. The molecule has 0 saturated carbocycles. The number of aromatic nitrogens is 1. The Hall–Kier alpha value is -2.33. The molecule has 0 fully saturated rings. The van der Waals surface area contributed by atoms with E-state index in [1.54, 1.807) is 6.07 Å². The fourth-order valence-electron chi connectivity index (χ4n) is 3.54. The minimum absolute atomic E-state index is 0.423. The molecule has 0 bridgehead atoms. The Labute approximate surface area is 171 Å². The molecule has 1 N–H and O–H groups in total. The van der Waals surface area contributed by atoms with Gasteiger partial charge in [-0.2, -0.15) is 0 Å². The van der Waals surface area contributed by atoms with Gasteiger partial charge in [0.25, 0.3) is 0 Å². The molecule has 0 aliphatic rings. The molecule has 0 amide bonds. The number of hydrogen-bond donors (Lipinski definition) is 1. The van der Waals surface area contributed by atoms with Crippen LogP contribution in [0.25, 0.3) is 11.3 Å². The van der Waals surface area contributed by atoms with E-state index in [2.05, 4.69) is 54.1 Å². The molecule has 0 radical (unpaired) electrons. The van der Waals surface area contributed by atoms with E-state index in [-0.39, 0.29) is 0 Å². The maximum Gasteiger partial charge on any atom is 0.345 e. The maximum absolute atomic E-state index is 11.0. The molecule has 4 heteroatoms. The lowest BCUT2D eigenvalue weighted by Gasteiger charge is -2.10. The second kappa shape index (κ2) is 10.3. The smallest absolute Gasteiger partial charge is 0.345 e. The normalized spacial score (nSPS) is 11.0. The lowest BCUT2D eigenvalue weighted by atomic mass is 10.0. The van der Waals surface area contributed by atoms with Crippen LogP contribution >= 0.6 is 11.3 Å². The Kier molecular flexibility index (Phi) is 7.49. The molecule has 0 spiro atoms. The van der Waals surface area contributed by atoms with Crippen molar-refractivity contribution in [1.29, 1.82) is 0 Å². The van der Waals surface area contributed by atoms with Crippen molar-refractivity contribution in [3.05, 3.63) is 70.0 Å². The van der Waals surface area contributed by atoms with Crippen molar-refractivity contribution in [3.8, 4) is 11.3 Å². The molecule has 3 rings (SSSR count). The second-order valence-corrected chi connectivity index (χ2v) is 8.23. The number of unbranched alkanes of at least 4 members (excludes halogenated alkanes) is 3. The van der Waals surface area contributed by atoms with Crippen molar-refractivity contribution in [2.45, 2.75) is 58.4 Å². The van der Waals surface area contributed by atoms with E-state index < -0.39 is 5.97 Å². The molecule has 0 saturated heterocycles. The van der Waals surface area contributed by atoms with E-state index in [9.17, 15) is 4.79 Å². The molecule has 2 heterocycles. The number of carboxylic acids is 1. The van der Waals surface area contributed by atoms with Crippen LogP contribution in [0.3, 0.4) is 0 Å². The standard InChI is InChI=1S/C24H29NO2S/c1-2-3-4-5-8-19-11-13-21(14-12-19)22-10-7-16-25(22)15-6-9-20-17-23(24(26)27)28-18-20/h7,10-14,16-18H,2-6,8-9,15H2,1H3,(H,26,27). The van der Waals surface area contributed by atoms with Crippen LogP contribution in [0, 0.1) is 0 Å². The molecular weight excluding hydrogens is 366 g/mol. The first kappa shape index (κ1) is 20.4. The molecule has 2 aromatic heterocycles. The van der Waals surface area contributed by atoms with Gasteiger partial charge in [0, 0.05) is 18.4 Å². The van der Waals surface area contributed by atoms with Crippen LogP contribution in [-0.4, -0.2) is 15.6 Å². The second-order valence-electron chi connectivity index (χ2n) is 7.32. The molecule has 28 heavy (non-hydrogen) atoms. The largest absolute Gasteiger partial charge is 0.477 e. The van der Waals surface area contributed by atoms with E-state index in [0.717, 1.165) is 24.9 Å². The Bertz CT molecular complexity index is 876. The zero-order chi connectivity index (χ0) is 19.8. The highest BCUT2D eigenvalue weighted by atomic mass is 32.1. The first-order valence-corrected chi connectivity index (χ1v) is 11.1. The molecule has 0 atom stereocenters. The Morgan fingerprint density at radius 3 is 2.50 bits per heavy atom. The Morgan fingerprint density at radius 1 is 1.00 bits per heavy atom. The number of rotatable bonds is 11. The van der Waals surface area contributed by atoms with Crippen LogP contribution in [0.2, 0.25) is 0 Å². The number of benzene rings is 1. The topological polar surface area (TPSA) is 42.2 Å². The SMILES string of the molecule is CCCCCCc1ccc(-c2cccn2CCCc2csc(C(=O)O)c2)cc1. The lowest BCUT2D eigenvalue weighted by Crippen LogP contribution is -2.00. The monoisotopic (exact) mass is 395 g/mol. The summed E-state index contributed by atoms with van der Waals surface area (Å²) in [7, 11) is 0. The first-order chi connectivity index (χ1) is 13.7. The Balaban J connectivity index is 1.54. The lowest BCUT2D eigenvalue weighted by molar-refractivity contribution is 0.0702. The van der Waals surface area contributed by atoms with Crippen molar-refractivity contribution in [2.75, 3.05) is 0 Å². The van der Waals surface area contributed by atoms with Gasteiger partial charge >= 0.3 is 5.97 Å².